The molecule has 3 aromatic heterocycles. The van der Waals surface area contributed by atoms with Crippen LogP contribution in [0.3, 0.4) is 0 Å². The maximum Gasteiger partial charge on any atom is 0.138 e. The molecule has 2 aromatic carbocycles. The van der Waals surface area contributed by atoms with Crippen LogP contribution in [0.15, 0.2) is 73.1 Å². The van der Waals surface area contributed by atoms with E-state index in [-0.39, 0.29) is 0 Å². The molecule has 0 saturated carbocycles. The van der Waals surface area contributed by atoms with Gasteiger partial charge in [0.05, 0.1) is 17.3 Å². The van der Waals surface area contributed by atoms with Gasteiger partial charge >= 0.3 is 0 Å². The molecule has 5 nitrogen and oxygen atoms in total. The molecule has 5 aromatic rings. The van der Waals surface area contributed by atoms with Crippen molar-refractivity contribution in [2.24, 2.45) is 0 Å². The third-order valence-electron chi connectivity index (χ3n) is 4.85. The Morgan fingerprint density at radius 1 is 0.821 bits per heavy atom. The first-order chi connectivity index (χ1) is 13.7. The Kier molecular flexibility index (Phi) is 3.47. The van der Waals surface area contributed by atoms with E-state index in [0.29, 0.717) is 11.3 Å². The van der Waals surface area contributed by atoms with Gasteiger partial charge in [0.15, 0.2) is 0 Å². The van der Waals surface area contributed by atoms with E-state index in [9.17, 15) is 0 Å². The van der Waals surface area contributed by atoms with Crippen molar-refractivity contribution in [1.29, 1.82) is 10.5 Å². The number of aromatic nitrogens is 3. The van der Waals surface area contributed by atoms with Gasteiger partial charge in [0.25, 0.3) is 0 Å². The minimum atomic E-state index is 0.564. The van der Waals surface area contributed by atoms with Crippen LogP contribution >= 0.6 is 0 Å². The van der Waals surface area contributed by atoms with Crippen molar-refractivity contribution in [2.75, 3.05) is 0 Å². The molecule has 5 heteroatoms. The zero-order chi connectivity index (χ0) is 19.1. The highest BCUT2D eigenvalue weighted by Crippen LogP contribution is 2.27. The average Bonchev–Trinajstić information content (AvgIpc) is 3.36. The molecule has 0 aliphatic carbocycles. The first kappa shape index (κ1) is 15.9. The van der Waals surface area contributed by atoms with Crippen LogP contribution in [0.5, 0.6) is 0 Å². The number of aromatic amines is 1. The summed E-state index contributed by atoms with van der Waals surface area (Å²) in [7, 11) is 0. The number of hydrogen-bond acceptors (Lipinski definition) is 3. The highest BCUT2D eigenvalue weighted by molar-refractivity contribution is 5.86. The normalized spacial score (nSPS) is 10.8. The summed E-state index contributed by atoms with van der Waals surface area (Å²) < 4.78 is 1.91. The van der Waals surface area contributed by atoms with Gasteiger partial charge in [0.1, 0.15) is 17.4 Å². The van der Waals surface area contributed by atoms with E-state index in [4.69, 9.17) is 10.5 Å². The van der Waals surface area contributed by atoms with E-state index in [1.807, 2.05) is 41.1 Å². The summed E-state index contributed by atoms with van der Waals surface area (Å²) in [5.41, 5.74) is 6.91. The zero-order valence-corrected chi connectivity index (χ0v) is 14.7. The predicted octanol–water partition coefficient (Wildman–Crippen LogP) is 4.89. The number of rotatable bonds is 2. The number of nitrogens with one attached hydrogen (secondary N) is 1. The predicted molar refractivity (Wildman–Crippen MR) is 107 cm³/mol. The van der Waals surface area contributed by atoms with Crippen molar-refractivity contribution in [3.05, 3.63) is 84.3 Å². The summed E-state index contributed by atoms with van der Waals surface area (Å²) in [4.78, 5) is 7.74. The Morgan fingerprint density at radius 3 is 2.39 bits per heavy atom. The van der Waals surface area contributed by atoms with Gasteiger partial charge < -0.3 is 9.38 Å². The SMILES string of the molecule is N#Cc1ccn2cc(-c3ccc(-c4ccc5cc(C#N)[nH]c5c4)cc3)nc2c1. The molecular weight excluding hydrogens is 346 g/mol. The molecular formula is C23H13N5. The number of hydrogen-bond donors (Lipinski definition) is 1. The quantitative estimate of drug-likeness (QED) is 0.487. The maximum atomic E-state index is 9.04. The van der Waals surface area contributed by atoms with Crippen LogP contribution in [0, 0.1) is 22.7 Å². The smallest absolute Gasteiger partial charge is 0.138 e. The Labute approximate surface area is 160 Å². The standard InChI is InChI=1S/C23H13N5/c24-12-15-7-8-28-14-22(27-23(28)9-15)17-3-1-16(2-4-17)18-5-6-19-10-20(13-25)26-21(19)11-18/h1-11,14,26H. The second kappa shape index (κ2) is 6.12. The Bertz CT molecular complexity index is 1390. The van der Waals surface area contributed by atoms with Crippen LogP contribution in [-0.4, -0.2) is 14.4 Å². The van der Waals surface area contributed by atoms with Crippen molar-refractivity contribution in [3.63, 3.8) is 0 Å². The second-order valence-corrected chi connectivity index (χ2v) is 6.59. The Hall–Kier alpha value is -4.35. The van der Waals surface area contributed by atoms with E-state index >= 15 is 0 Å². The third-order valence-corrected chi connectivity index (χ3v) is 4.85. The summed E-state index contributed by atoms with van der Waals surface area (Å²) >= 11 is 0. The lowest BCUT2D eigenvalue weighted by Gasteiger charge is -2.03. The maximum absolute atomic E-state index is 9.04. The van der Waals surface area contributed by atoms with Crippen molar-refractivity contribution >= 4 is 16.6 Å². The molecule has 0 amide bonds. The van der Waals surface area contributed by atoms with Crippen LogP contribution < -0.4 is 0 Å². The van der Waals surface area contributed by atoms with E-state index in [2.05, 4.69) is 46.4 Å². The van der Waals surface area contributed by atoms with Gasteiger partial charge in [-0.15, -0.1) is 0 Å². The Morgan fingerprint density at radius 2 is 1.61 bits per heavy atom. The summed E-state index contributed by atoms with van der Waals surface area (Å²) in [5, 5.41) is 19.1. The number of fused-ring (bicyclic) bond motifs is 2. The highest BCUT2D eigenvalue weighted by Gasteiger charge is 2.07. The van der Waals surface area contributed by atoms with Crippen molar-refractivity contribution < 1.29 is 0 Å². The number of nitriles is 2. The van der Waals surface area contributed by atoms with Gasteiger partial charge in [-0.3, -0.25) is 0 Å². The summed E-state index contributed by atoms with van der Waals surface area (Å²) in [5.74, 6) is 0. The molecule has 0 aliphatic heterocycles. The number of benzene rings is 2. The average molecular weight is 359 g/mol. The lowest BCUT2D eigenvalue weighted by molar-refractivity contribution is 1.18. The van der Waals surface area contributed by atoms with Crippen LogP contribution in [0.25, 0.3) is 38.9 Å². The minimum absolute atomic E-state index is 0.564. The molecule has 0 radical (unpaired) electrons. The van der Waals surface area contributed by atoms with Gasteiger partial charge in [-0.2, -0.15) is 10.5 Å². The summed E-state index contributed by atoms with van der Waals surface area (Å²) in [6, 6.07) is 24.0. The Balaban J connectivity index is 1.50. The van der Waals surface area contributed by atoms with Crippen molar-refractivity contribution in [3.8, 4) is 34.5 Å². The summed E-state index contributed by atoms with van der Waals surface area (Å²) in [6.07, 6.45) is 3.81. The van der Waals surface area contributed by atoms with Crippen LogP contribution in [0.4, 0.5) is 0 Å². The van der Waals surface area contributed by atoms with E-state index < -0.39 is 0 Å². The first-order valence-corrected chi connectivity index (χ1v) is 8.76. The van der Waals surface area contributed by atoms with E-state index in [1.165, 1.54) is 0 Å². The van der Waals surface area contributed by atoms with Gasteiger partial charge in [-0.25, -0.2) is 4.98 Å². The van der Waals surface area contributed by atoms with Crippen molar-refractivity contribution in [2.45, 2.75) is 0 Å². The number of imidazole rings is 1. The molecule has 0 atom stereocenters. The number of pyridine rings is 1. The van der Waals surface area contributed by atoms with Gasteiger partial charge in [0.2, 0.25) is 0 Å². The molecule has 0 aliphatic rings. The fraction of sp³-hybridized carbons (Fsp3) is 0. The van der Waals surface area contributed by atoms with Crippen LogP contribution in [0.2, 0.25) is 0 Å². The lowest BCUT2D eigenvalue weighted by Crippen LogP contribution is -1.82. The fourth-order valence-electron chi connectivity index (χ4n) is 3.39. The fourth-order valence-corrected chi connectivity index (χ4v) is 3.39. The monoisotopic (exact) mass is 359 g/mol. The number of nitrogens with zero attached hydrogens (tertiary/aromatic N) is 4. The van der Waals surface area contributed by atoms with Crippen LogP contribution in [-0.2, 0) is 0 Å². The molecule has 0 fully saturated rings. The first-order valence-electron chi connectivity index (χ1n) is 8.76. The number of H-pyrrole nitrogens is 1. The van der Waals surface area contributed by atoms with E-state index in [0.717, 1.165) is 38.9 Å². The molecule has 0 unspecified atom stereocenters. The van der Waals surface area contributed by atoms with Gasteiger partial charge in [0, 0.05) is 28.9 Å². The zero-order valence-electron chi connectivity index (χ0n) is 14.7. The lowest BCUT2D eigenvalue weighted by atomic mass is 10.0. The largest absolute Gasteiger partial charge is 0.346 e. The topological polar surface area (TPSA) is 80.7 Å². The van der Waals surface area contributed by atoms with Crippen molar-refractivity contribution in [1.82, 2.24) is 14.4 Å². The summed E-state index contributed by atoms with van der Waals surface area (Å²) in [6.45, 7) is 0. The molecule has 130 valence electrons. The molecule has 1 N–H and O–H groups in total. The molecule has 5 rings (SSSR count). The molecule has 0 saturated heterocycles. The minimum Gasteiger partial charge on any atom is -0.346 e. The second-order valence-electron chi connectivity index (χ2n) is 6.59. The molecule has 0 spiro atoms. The van der Waals surface area contributed by atoms with Gasteiger partial charge in [-0.05, 0) is 35.4 Å². The molecule has 3 heterocycles. The van der Waals surface area contributed by atoms with E-state index in [1.54, 1.807) is 12.1 Å². The highest BCUT2D eigenvalue weighted by atomic mass is 15.0. The van der Waals surface area contributed by atoms with Gasteiger partial charge in [-0.1, -0.05) is 36.4 Å². The third kappa shape index (κ3) is 2.59. The van der Waals surface area contributed by atoms with Crippen LogP contribution in [0.1, 0.15) is 11.3 Å². The molecule has 0 bridgehead atoms. The molecule has 28 heavy (non-hydrogen) atoms.